The van der Waals surface area contributed by atoms with Crippen LogP contribution < -0.4 is 10.2 Å². The molecule has 1 fully saturated rings. The van der Waals surface area contributed by atoms with Crippen LogP contribution in [-0.2, 0) is 6.42 Å². The molecule has 1 saturated heterocycles. The summed E-state index contributed by atoms with van der Waals surface area (Å²) in [6.07, 6.45) is 4.46. The van der Waals surface area contributed by atoms with Gasteiger partial charge in [0.1, 0.15) is 0 Å². The van der Waals surface area contributed by atoms with Gasteiger partial charge in [-0.05, 0) is 17.9 Å². The Morgan fingerprint density at radius 3 is 2.59 bits per heavy atom. The van der Waals surface area contributed by atoms with E-state index in [9.17, 15) is 4.79 Å². The van der Waals surface area contributed by atoms with Gasteiger partial charge in [-0.1, -0.05) is 20.8 Å². The number of aromatic nitrogens is 2. The van der Waals surface area contributed by atoms with Crippen molar-refractivity contribution >= 4 is 12.0 Å². The van der Waals surface area contributed by atoms with E-state index < -0.39 is 0 Å². The summed E-state index contributed by atoms with van der Waals surface area (Å²) in [5, 5.41) is 2.94. The number of hydrogen-bond donors (Lipinski definition) is 1. The molecule has 0 aromatic carbocycles. The maximum absolute atomic E-state index is 11.8. The summed E-state index contributed by atoms with van der Waals surface area (Å²) in [6, 6.07) is 0.0740. The van der Waals surface area contributed by atoms with Crippen molar-refractivity contribution < 1.29 is 4.79 Å². The Balaban J connectivity index is 2.14. The minimum atomic E-state index is -0.104. The van der Waals surface area contributed by atoms with Crippen molar-refractivity contribution in [2.45, 2.75) is 33.2 Å². The standard InChI is InChI=1S/C12H18N4O/c1-4-9-5-13-11(14-6-9)16-7-10(8(2)3)15-12(16)17/h5-6,8,10H,4,7H2,1-3H3,(H,15,17)/t10-/m1/s1. The summed E-state index contributed by atoms with van der Waals surface area (Å²) in [5.74, 6) is 0.904. The predicted molar refractivity (Wildman–Crippen MR) is 65.9 cm³/mol. The highest BCUT2D eigenvalue weighted by Crippen LogP contribution is 2.16. The summed E-state index contributed by atoms with van der Waals surface area (Å²) in [6.45, 7) is 6.88. The molecule has 0 aliphatic carbocycles. The van der Waals surface area contributed by atoms with Gasteiger partial charge in [-0.3, -0.25) is 4.90 Å². The molecule has 1 N–H and O–H groups in total. The summed E-state index contributed by atoms with van der Waals surface area (Å²) >= 11 is 0. The van der Waals surface area contributed by atoms with E-state index >= 15 is 0 Å². The van der Waals surface area contributed by atoms with Gasteiger partial charge in [0.15, 0.2) is 0 Å². The van der Waals surface area contributed by atoms with Crippen LogP contribution in [0.1, 0.15) is 26.3 Å². The molecule has 1 aliphatic heterocycles. The van der Waals surface area contributed by atoms with Crippen LogP contribution in [0, 0.1) is 5.92 Å². The average Bonchev–Trinajstić information content (AvgIpc) is 2.72. The molecule has 1 aromatic rings. The number of anilines is 1. The van der Waals surface area contributed by atoms with E-state index in [4.69, 9.17) is 0 Å². The van der Waals surface area contributed by atoms with Crippen molar-refractivity contribution in [3.63, 3.8) is 0 Å². The lowest BCUT2D eigenvalue weighted by atomic mass is 10.1. The fourth-order valence-corrected chi connectivity index (χ4v) is 1.78. The minimum Gasteiger partial charge on any atom is -0.333 e. The van der Waals surface area contributed by atoms with Crippen molar-refractivity contribution in [2.75, 3.05) is 11.4 Å². The van der Waals surface area contributed by atoms with Crippen LogP contribution in [0.4, 0.5) is 10.7 Å². The lowest BCUT2D eigenvalue weighted by Crippen LogP contribution is -2.31. The van der Waals surface area contributed by atoms with Gasteiger partial charge in [-0.15, -0.1) is 0 Å². The number of carbonyl (C=O) groups excluding carboxylic acids is 1. The Morgan fingerprint density at radius 1 is 1.47 bits per heavy atom. The first kappa shape index (κ1) is 11.8. The summed E-state index contributed by atoms with van der Waals surface area (Å²) in [4.78, 5) is 21.8. The molecule has 5 nitrogen and oxygen atoms in total. The van der Waals surface area contributed by atoms with E-state index in [1.54, 1.807) is 17.3 Å². The third-order valence-corrected chi connectivity index (χ3v) is 3.08. The van der Waals surface area contributed by atoms with E-state index in [0.717, 1.165) is 12.0 Å². The average molecular weight is 234 g/mol. The number of nitrogens with zero attached hydrogens (tertiary/aromatic N) is 3. The Bertz CT molecular complexity index is 401. The molecule has 0 saturated carbocycles. The molecule has 92 valence electrons. The van der Waals surface area contributed by atoms with Gasteiger partial charge in [0, 0.05) is 12.4 Å². The highest BCUT2D eigenvalue weighted by molar-refractivity contribution is 5.92. The molecule has 1 aliphatic rings. The number of nitrogens with one attached hydrogen (secondary N) is 1. The third-order valence-electron chi connectivity index (χ3n) is 3.08. The number of hydrogen-bond acceptors (Lipinski definition) is 3. The maximum Gasteiger partial charge on any atom is 0.324 e. The molecule has 2 heterocycles. The molecule has 1 aromatic heterocycles. The van der Waals surface area contributed by atoms with Gasteiger partial charge >= 0.3 is 6.03 Å². The smallest absolute Gasteiger partial charge is 0.324 e. The number of carbonyl (C=O) groups is 1. The van der Waals surface area contributed by atoms with E-state index in [-0.39, 0.29) is 12.1 Å². The molecule has 2 amide bonds. The summed E-state index contributed by atoms with van der Waals surface area (Å²) < 4.78 is 0. The maximum atomic E-state index is 11.8. The second kappa shape index (κ2) is 4.69. The number of urea groups is 1. The van der Waals surface area contributed by atoms with E-state index in [1.165, 1.54) is 0 Å². The lowest BCUT2D eigenvalue weighted by Gasteiger charge is -2.14. The molecular formula is C12H18N4O. The predicted octanol–water partition coefficient (Wildman–Crippen LogP) is 1.59. The first-order valence-corrected chi connectivity index (χ1v) is 6.00. The van der Waals surface area contributed by atoms with Crippen molar-refractivity contribution in [1.82, 2.24) is 15.3 Å². The van der Waals surface area contributed by atoms with Crippen molar-refractivity contribution in [3.8, 4) is 0 Å². The van der Waals surface area contributed by atoms with Crippen LogP contribution >= 0.6 is 0 Å². The fourth-order valence-electron chi connectivity index (χ4n) is 1.78. The highest BCUT2D eigenvalue weighted by Gasteiger charge is 2.32. The van der Waals surface area contributed by atoms with E-state index in [1.807, 2.05) is 0 Å². The summed E-state index contributed by atoms with van der Waals surface area (Å²) in [7, 11) is 0. The topological polar surface area (TPSA) is 58.1 Å². The number of aryl methyl sites for hydroxylation is 1. The molecule has 2 rings (SSSR count). The first-order valence-electron chi connectivity index (χ1n) is 6.00. The van der Waals surface area contributed by atoms with Crippen LogP contribution in [0.3, 0.4) is 0 Å². The lowest BCUT2D eigenvalue weighted by molar-refractivity contribution is 0.249. The van der Waals surface area contributed by atoms with Crippen molar-refractivity contribution in [3.05, 3.63) is 18.0 Å². The monoisotopic (exact) mass is 234 g/mol. The molecule has 0 spiro atoms. The molecule has 0 radical (unpaired) electrons. The Kier molecular flexibility index (Phi) is 3.26. The largest absolute Gasteiger partial charge is 0.333 e. The Morgan fingerprint density at radius 2 is 2.12 bits per heavy atom. The highest BCUT2D eigenvalue weighted by atomic mass is 16.2. The van der Waals surface area contributed by atoms with Gasteiger partial charge in [-0.2, -0.15) is 0 Å². The molecule has 0 bridgehead atoms. The number of rotatable bonds is 3. The first-order chi connectivity index (χ1) is 8.11. The SMILES string of the molecule is CCc1cnc(N2C[C@H](C(C)C)NC2=O)nc1. The fraction of sp³-hybridized carbons (Fsp3) is 0.583. The Hall–Kier alpha value is -1.65. The van der Waals surface area contributed by atoms with Crippen LogP contribution in [0.15, 0.2) is 12.4 Å². The second-order valence-electron chi connectivity index (χ2n) is 4.66. The zero-order chi connectivity index (χ0) is 12.4. The van der Waals surface area contributed by atoms with Crippen molar-refractivity contribution in [1.29, 1.82) is 0 Å². The van der Waals surface area contributed by atoms with Gasteiger partial charge in [0.2, 0.25) is 5.95 Å². The zero-order valence-corrected chi connectivity index (χ0v) is 10.5. The van der Waals surface area contributed by atoms with Crippen LogP contribution in [0.5, 0.6) is 0 Å². The van der Waals surface area contributed by atoms with Crippen LogP contribution in [0.2, 0.25) is 0 Å². The molecule has 0 unspecified atom stereocenters. The third kappa shape index (κ3) is 2.38. The second-order valence-corrected chi connectivity index (χ2v) is 4.66. The van der Waals surface area contributed by atoms with E-state index in [2.05, 4.69) is 36.1 Å². The van der Waals surface area contributed by atoms with Gasteiger partial charge in [0.05, 0.1) is 12.6 Å². The van der Waals surface area contributed by atoms with Gasteiger partial charge in [-0.25, -0.2) is 14.8 Å². The quantitative estimate of drug-likeness (QED) is 0.864. The van der Waals surface area contributed by atoms with Crippen LogP contribution in [0.25, 0.3) is 0 Å². The molecule has 5 heteroatoms. The number of amides is 2. The minimum absolute atomic E-state index is 0.104. The molecular weight excluding hydrogens is 216 g/mol. The zero-order valence-electron chi connectivity index (χ0n) is 10.5. The molecule has 17 heavy (non-hydrogen) atoms. The van der Waals surface area contributed by atoms with E-state index in [0.29, 0.717) is 18.4 Å². The van der Waals surface area contributed by atoms with Gasteiger partial charge < -0.3 is 5.32 Å². The molecule has 1 atom stereocenters. The Labute approximate surface area is 101 Å². The van der Waals surface area contributed by atoms with Crippen molar-refractivity contribution in [2.24, 2.45) is 5.92 Å². The summed E-state index contributed by atoms with van der Waals surface area (Å²) in [5.41, 5.74) is 1.08. The van der Waals surface area contributed by atoms with Crippen LogP contribution in [-0.4, -0.2) is 28.6 Å². The van der Waals surface area contributed by atoms with Gasteiger partial charge in [0.25, 0.3) is 0 Å². The normalized spacial score (nSPS) is 19.9.